The quantitative estimate of drug-likeness (QED) is 0.379. The highest BCUT2D eigenvalue weighted by Crippen LogP contribution is 1.91. The van der Waals surface area contributed by atoms with Gasteiger partial charge in [0.2, 0.25) is 0 Å². The molecule has 0 aromatic carbocycles. The van der Waals surface area contributed by atoms with E-state index in [1.165, 1.54) is 0 Å². The van der Waals surface area contributed by atoms with Crippen molar-refractivity contribution in [2.45, 2.75) is 28.7 Å². The first-order chi connectivity index (χ1) is 5.18. The number of carbonyl (C=O) groups is 1. The maximum atomic E-state index is 10.7. The maximum absolute atomic E-state index is 10.7. The average Bonchev–Trinajstić information content (AvgIpc) is 1.97. The summed E-state index contributed by atoms with van der Waals surface area (Å²) in [6, 6.07) is 0. The third-order valence-electron chi connectivity index (χ3n) is 1.01. The molecule has 0 spiro atoms. The lowest BCUT2D eigenvalue weighted by molar-refractivity contribution is -0.140. The summed E-state index contributed by atoms with van der Waals surface area (Å²) < 4.78 is 9.70. The molecule has 3 heteroatoms. The number of carbonyl (C=O) groups excluding carboxylic acids is 1. The highest BCUT2D eigenvalue weighted by molar-refractivity contribution is 5.86. The molecule has 0 amide bonds. The van der Waals surface area contributed by atoms with Crippen molar-refractivity contribution in [2.24, 2.45) is 0 Å². The molecule has 13 heavy (non-hydrogen) atoms. The van der Waals surface area contributed by atoms with E-state index in [-0.39, 0.29) is 20.8 Å². The summed E-state index contributed by atoms with van der Waals surface area (Å²) in [5.41, 5.74) is 0.418. The van der Waals surface area contributed by atoms with E-state index in [1.54, 1.807) is 6.92 Å². The molecule has 0 aromatic heterocycles. The minimum atomic E-state index is -0.357. The highest BCUT2D eigenvalue weighted by Gasteiger charge is 2.00. The molecular formula is C10H22O3. The second kappa shape index (κ2) is 11.2. The lowest BCUT2D eigenvalue weighted by atomic mass is 10.4. The first-order valence-electron chi connectivity index (χ1n) is 3.58. The van der Waals surface area contributed by atoms with E-state index in [1.807, 2.05) is 6.92 Å². The predicted molar refractivity (Wildman–Crippen MR) is 55.7 cm³/mol. The van der Waals surface area contributed by atoms with Gasteiger partial charge < -0.3 is 9.47 Å². The lowest BCUT2D eigenvalue weighted by Gasteiger charge is -2.03. The van der Waals surface area contributed by atoms with Gasteiger partial charge in [0.15, 0.2) is 0 Å². The van der Waals surface area contributed by atoms with Crippen molar-refractivity contribution in [3.8, 4) is 0 Å². The van der Waals surface area contributed by atoms with Gasteiger partial charge in [0.1, 0.15) is 6.61 Å². The lowest BCUT2D eigenvalue weighted by Crippen LogP contribution is -2.10. The maximum Gasteiger partial charge on any atom is 0.333 e. The number of hydrogen-bond acceptors (Lipinski definition) is 3. The molecule has 0 rings (SSSR count). The van der Waals surface area contributed by atoms with E-state index in [2.05, 4.69) is 6.58 Å². The summed E-state index contributed by atoms with van der Waals surface area (Å²) in [6.45, 7) is 8.34. The van der Waals surface area contributed by atoms with E-state index >= 15 is 0 Å². The molecule has 0 aromatic rings. The second-order valence-electron chi connectivity index (χ2n) is 2.11. The Hall–Kier alpha value is -0.830. The van der Waals surface area contributed by atoms with Crippen molar-refractivity contribution in [1.82, 2.24) is 0 Å². The van der Waals surface area contributed by atoms with Crippen LogP contribution in [-0.4, -0.2) is 25.8 Å². The van der Waals surface area contributed by atoms with Crippen LogP contribution in [0.3, 0.4) is 0 Å². The zero-order valence-corrected chi connectivity index (χ0v) is 7.05. The van der Waals surface area contributed by atoms with Gasteiger partial charge in [0, 0.05) is 12.2 Å². The van der Waals surface area contributed by atoms with Crippen LogP contribution >= 0.6 is 0 Å². The van der Waals surface area contributed by atoms with E-state index in [0.29, 0.717) is 25.4 Å². The van der Waals surface area contributed by atoms with Crippen LogP contribution in [0.4, 0.5) is 0 Å². The van der Waals surface area contributed by atoms with Crippen LogP contribution in [0.25, 0.3) is 0 Å². The molecule has 0 aliphatic rings. The van der Waals surface area contributed by atoms with E-state index in [4.69, 9.17) is 9.47 Å². The van der Waals surface area contributed by atoms with Crippen molar-refractivity contribution < 1.29 is 14.3 Å². The Balaban J connectivity index is -0.000000500. The SMILES string of the molecule is C.C.C=C(C)C(=O)OCCOCC. The monoisotopic (exact) mass is 190 g/mol. The van der Waals surface area contributed by atoms with Gasteiger partial charge in [-0.15, -0.1) is 0 Å². The van der Waals surface area contributed by atoms with Gasteiger partial charge >= 0.3 is 5.97 Å². The Labute approximate surface area is 81.7 Å². The third kappa shape index (κ3) is 11.2. The molecule has 0 aliphatic carbocycles. The molecule has 0 radical (unpaired) electrons. The van der Waals surface area contributed by atoms with Crippen LogP contribution < -0.4 is 0 Å². The molecule has 0 fully saturated rings. The van der Waals surface area contributed by atoms with Gasteiger partial charge in [-0.2, -0.15) is 0 Å². The summed E-state index contributed by atoms with van der Waals surface area (Å²) >= 11 is 0. The van der Waals surface area contributed by atoms with Gasteiger partial charge in [-0.05, 0) is 13.8 Å². The molecule has 0 atom stereocenters. The standard InChI is InChI=1S/C8H14O3.2CH4/c1-4-10-5-6-11-8(9)7(2)3;;/h2,4-6H2,1,3H3;2*1H4. The van der Waals surface area contributed by atoms with Crippen molar-refractivity contribution in [3.63, 3.8) is 0 Å². The number of ether oxygens (including phenoxy) is 2. The van der Waals surface area contributed by atoms with Crippen LogP contribution in [0, 0.1) is 0 Å². The second-order valence-corrected chi connectivity index (χ2v) is 2.11. The zero-order valence-electron chi connectivity index (χ0n) is 7.05. The Morgan fingerprint density at radius 3 is 2.23 bits per heavy atom. The fourth-order valence-electron chi connectivity index (χ4n) is 0.461. The minimum Gasteiger partial charge on any atom is -0.460 e. The van der Waals surface area contributed by atoms with Gasteiger partial charge in [0.25, 0.3) is 0 Å². The molecule has 0 heterocycles. The largest absolute Gasteiger partial charge is 0.460 e. The Kier molecular flexibility index (Phi) is 15.5. The fraction of sp³-hybridized carbons (Fsp3) is 0.700. The molecule has 0 saturated carbocycles. The highest BCUT2D eigenvalue weighted by atomic mass is 16.6. The zero-order chi connectivity index (χ0) is 8.69. The molecule has 80 valence electrons. The molecular weight excluding hydrogens is 168 g/mol. The van der Waals surface area contributed by atoms with Crippen molar-refractivity contribution in [1.29, 1.82) is 0 Å². The Morgan fingerprint density at radius 2 is 1.85 bits per heavy atom. The summed E-state index contributed by atoms with van der Waals surface area (Å²) in [5.74, 6) is -0.357. The van der Waals surface area contributed by atoms with E-state index in [0.717, 1.165) is 0 Å². The fourth-order valence-corrected chi connectivity index (χ4v) is 0.461. The summed E-state index contributed by atoms with van der Waals surface area (Å²) in [7, 11) is 0. The van der Waals surface area contributed by atoms with Gasteiger partial charge in [-0.3, -0.25) is 0 Å². The van der Waals surface area contributed by atoms with Crippen LogP contribution in [0.1, 0.15) is 28.7 Å². The normalized spacial score (nSPS) is 7.85. The van der Waals surface area contributed by atoms with Crippen LogP contribution in [0.5, 0.6) is 0 Å². The third-order valence-corrected chi connectivity index (χ3v) is 1.01. The Bertz CT molecular complexity index is 141. The van der Waals surface area contributed by atoms with E-state index < -0.39 is 0 Å². The summed E-state index contributed by atoms with van der Waals surface area (Å²) in [4.78, 5) is 10.7. The van der Waals surface area contributed by atoms with Crippen LogP contribution in [0.15, 0.2) is 12.2 Å². The van der Waals surface area contributed by atoms with Crippen LogP contribution in [-0.2, 0) is 14.3 Å². The van der Waals surface area contributed by atoms with Gasteiger partial charge in [-0.1, -0.05) is 21.4 Å². The number of rotatable bonds is 5. The first-order valence-corrected chi connectivity index (χ1v) is 3.58. The molecule has 0 saturated heterocycles. The minimum absolute atomic E-state index is 0. The van der Waals surface area contributed by atoms with Crippen LogP contribution in [0.2, 0.25) is 0 Å². The van der Waals surface area contributed by atoms with Crippen molar-refractivity contribution >= 4 is 5.97 Å². The van der Waals surface area contributed by atoms with Gasteiger partial charge in [0.05, 0.1) is 6.61 Å². The molecule has 0 N–H and O–H groups in total. The molecule has 0 unspecified atom stereocenters. The molecule has 0 aliphatic heterocycles. The van der Waals surface area contributed by atoms with Gasteiger partial charge in [-0.25, -0.2) is 4.79 Å². The Morgan fingerprint density at radius 1 is 1.31 bits per heavy atom. The topological polar surface area (TPSA) is 35.5 Å². The first kappa shape index (κ1) is 18.1. The average molecular weight is 190 g/mol. The summed E-state index contributed by atoms with van der Waals surface area (Å²) in [6.07, 6.45) is 0. The van der Waals surface area contributed by atoms with Crippen molar-refractivity contribution in [2.75, 3.05) is 19.8 Å². The molecule has 0 bridgehead atoms. The smallest absolute Gasteiger partial charge is 0.333 e. The van der Waals surface area contributed by atoms with E-state index in [9.17, 15) is 4.79 Å². The number of hydrogen-bond donors (Lipinski definition) is 0. The van der Waals surface area contributed by atoms with Crippen molar-refractivity contribution in [3.05, 3.63) is 12.2 Å². The molecule has 3 nitrogen and oxygen atoms in total. The summed E-state index contributed by atoms with van der Waals surface area (Å²) in [5, 5.41) is 0. The predicted octanol–water partition coefficient (Wildman–Crippen LogP) is 2.41. The number of esters is 1.